The summed E-state index contributed by atoms with van der Waals surface area (Å²) < 4.78 is 5.23. The predicted octanol–water partition coefficient (Wildman–Crippen LogP) is 3.15. The van der Waals surface area contributed by atoms with Crippen molar-refractivity contribution < 1.29 is 19.7 Å². The summed E-state index contributed by atoms with van der Waals surface area (Å²) in [5.41, 5.74) is -0.582. The van der Waals surface area contributed by atoms with Crippen LogP contribution < -0.4 is 0 Å². The fourth-order valence-electron chi connectivity index (χ4n) is 1.15. The average Bonchev–Trinajstić information content (AvgIpc) is 2.13. The highest BCUT2D eigenvalue weighted by Gasteiger charge is 2.21. The number of nitrogens with zero attached hydrogens (tertiary/aromatic N) is 1. The molecule has 18 heavy (non-hydrogen) atoms. The van der Waals surface area contributed by atoms with E-state index in [4.69, 9.17) is 14.9 Å². The molecular weight excluding hydrogens is 234 g/mol. The number of amides is 1. The van der Waals surface area contributed by atoms with Gasteiger partial charge in [0.05, 0.1) is 11.5 Å². The summed E-state index contributed by atoms with van der Waals surface area (Å²) in [4.78, 5) is 13.3. The molecule has 0 saturated carbocycles. The lowest BCUT2D eigenvalue weighted by atomic mass is 10.2. The number of hydrogen-bond donors (Lipinski definition) is 2. The molecule has 0 spiro atoms. The van der Waals surface area contributed by atoms with Gasteiger partial charge in [-0.1, -0.05) is 13.2 Å². The van der Waals surface area contributed by atoms with Crippen LogP contribution in [0, 0.1) is 0 Å². The Morgan fingerprint density at radius 2 is 1.50 bits per heavy atom. The van der Waals surface area contributed by atoms with Crippen LogP contribution >= 0.6 is 0 Å². The van der Waals surface area contributed by atoms with Crippen molar-refractivity contribution >= 4 is 6.09 Å². The number of carbonyl (C=O) groups is 1. The van der Waals surface area contributed by atoms with Gasteiger partial charge in [-0.2, -0.15) is 0 Å². The van der Waals surface area contributed by atoms with Gasteiger partial charge in [0.1, 0.15) is 5.60 Å². The van der Waals surface area contributed by atoms with Crippen LogP contribution in [-0.2, 0) is 4.74 Å². The van der Waals surface area contributed by atoms with Crippen LogP contribution in [0.3, 0.4) is 0 Å². The van der Waals surface area contributed by atoms with Crippen molar-refractivity contribution in [2.45, 2.75) is 39.2 Å². The van der Waals surface area contributed by atoms with Gasteiger partial charge in [0.25, 0.3) is 0 Å². The standard InChI is InChI=1S/C13H23NO4/c1-10(15)6-8-14(9-7-11(2)16)12(17)18-13(3,4)5/h15-16H,1-2,6-9H2,3-5H3. The van der Waals surface area contributed by atoms with E-state index >= 15 is 0 Å². The normalized spacial score (nSPS) is 10.8. The lowest BCUT2D eigenvalue weighted by molar-refractivity contribution is 0.0247. The lowest BCUT2D eigenvalue weighted by Crippen LogP contribution is -2.38. The van der Waals surface area contributed by atoms with Crippen molar-refractivity contribution in [1.29, 1.82) is 0 Å². The molecule has 0 aliphatic rings. The van der Waals surface area contributed by atoms with E-state index in [1.54, 1.807) is 20.8 Å². The molecule has 0 aliphatic heterocycles. The van der Waals surface area contributed by atoms with E-state index in [9.17, 15) is 4.79 Å². The zero-order valence-corrected chi connectivity index (χ0v) is 11.4. The van der Waals surface area contributed by atoms with Gasteiger partial charge in [0, 0.05) is 25.9 Å². The average molecular weight is 257 g/mol. The smallest absolute Gasteiger partial charge is 0.410 e. The van der Waals surface area contributed by atoms with Crippen LogP contribution in [0.1, 0.15) is 33.6 Å². The van der Waals surface area contributed by atoms with Crippen LogP contribution in [-0.4, -0.2) is 39.9 Å². The largest absolute Gasteiger partial charge is 0.513 e. The van der Waals surface area contributed by atoms with Gasteiger partial charge in [0.15, 0.2) is 0 Å². The first-order valence-electron chi connectivity index (χ1n) is 5.83. The Kier molecular flexibility index (Phi) is 6.30. The van der Waals surface area contributed by atoms with E-state index in [2.05, 4.69) is 13.2 Å². The minimum atomic E-state index is -0.582. The Balaban J connectivity index is 4.48. The molecule has 0 bridgehead atoms. The van der Waals surface area contributed by atoms with Gasteiger partial charge < -0.3 is 19.8 Å². The molecule has 0 unspecified atom stereocenters. The highest BCUT2D eigenvalue weighted by molar-refractivity contribution is 5.68. The first kappa shape index (κ1) is 16.4. The van der Waals surface area contributed by atoms with Crippen molar-refractivity contribution in [3.63, 3.8) is 0 Å². The number of aliphatic hydroxyl groups is 2. The van der Waals surface area contributed by atoms with E-state index in [0.717, 1.165) is 0 Å². The SMILES string of the molecule is C=C(O)CCN(CCC(=C)O)C(=O)OC(C)(C)C. The monoisotopic (exact) mass is 257 g/mol. The number of hydrogen-bond acceptors (Lipinski definition) is 4. The third kappa shape index (κ3) is 8.50. The summed E-state index contributed by atoms with van der Waals surface area (Å²) >= 11 is 0. The summed E-state index contributed by atoms with van der Waals surface area (Å²) in [5, 5.41) is 18.1. The molecule has 5 nitrogen and oxygen atoms in total. The Morgan fingerprint density at radius 1 is 1.11 bits per heavy atom. The predicted molar refractivity (Wildman–Crippen MR) is 70.6 cm³/mol. The van der Waals surface area contributed by atoms with Crippen molar-refractivity contribution in [3.05, 3.63) is 24.7 Å². The summed E-state index contributed by atoms with van der Waals surface area (Å²) in [7, 11) is 0. The zero-order chi connectivity index (χ0) is 14.3. The molecule has 0 heterocycles. The van der Waals surface area contributed by atoms with Crippen molar-refractivity contribution in [1.82, 2.24) is 4.90 Å². The molecular formula is C13H23NO4. The van der Waals surface area contributed by atoms with E-state index < -0.39 is 11.7 Å². The Morgan fingerprint density at radius 3 is 1.78 bits per heavy atom. The fourth-order valence-corrected chi connectivity index (χ4v) is 1.15. The van der Waals surface area contributed by atoms with E-state index in [1.807, 2.05) is 0 Å². The van der Waals surface area contributed by atoms with Crippen LogP contribution in [0.2, 0.25) is 0 Å². The Hall–Kier alpha value is -1.65. The third-order valence-electron chi connectivity index (χ3n) is 1.99. The highest BCUT2D eigenvalue weighted by Crippen LogP contribution is 2.12. The second-order valence-electron chi connectivity index (χ2n) is 5.10. The molecule has 0 aromatic carbocycles. The van der Waals surface area contributed by atoms with Gasteiger partial charge in [-0.25, -0.2) is 4.79 Å². The second kappa shape index (κ2) is 6.93. The van der Waals surface area contributed by atoms with E-state index in [-0.39, 0.29) is 37.4 Å². The number of rotatable bonds is 6. The maximum Gasteiger partial charge on any atom is 0.410 e. The molecule has 0 saturated heterocycles. The van der Waals surface area contributed by atoms with Crippen LogP contribution in [0.15, 0.2) is 24.7 Å². The zero-order valence-electron chi connectivity index (χ0n) is 11.4. The molecule has 0 rings (SSSR count). The molecule has 5 heteroatoms. The summed E-state index contributed by atoms with van der Waals surface area (Å²) in [5.74, 6) is 0.0118. The molecule has 0 aromatic rings. The number of carbonyl (C=O) groups excluding carboxylic acids is 1. The maximum absolute atomic E-state index is 11.9. The highest BCUT2D eigenvalue weighted by atomic mass is 16.6. The number of ether oxygens (including phenoxy) is 1. The van der Waals surface area contributed by atoms with Gasteiger partial charge in [0.2, 0.25) is 0 Å². The number of aliphatic hydroxyl groups excluding tert-OH is 2. The van der Waals surface area contributed by atoms with E-state index in [1.165, 1.54) is 4.90 Å². The Bertz CT molecular complexity index is 299. The molecule has 0 aliphatic carbocycles. The molecule has 104 valence electrons. The summed E-state index contributed by atoms with van der Waals surface area (Å²) in [6.45, 7) is 12.6. The van der Waals surface area contributed by atoms with Crippen molar-refractivity contribution in [2.75, 3.05) is 13.1 Å². The maximum atomic E-state index is 11.9. The van der Waals surface area contributed by atoms with Gasteiger partial charge in [-0.3, -0.25) is 0 Å². The fraction of sp³-hybridized carbons (Fsp3) is 0.615. The van der Waals surface area contributed by atoms with Crippen LogP contribution in [0.5, 0.6) is 0 Å². The minimum absolute atomic E-state index is 0.00591. The van der Waals surface area contributed by atoms with Crippen molar-refractivity contribution in [3.8, 4) is 0 Å². The summed E-state index contributed by atoms with van der Waals surface area (Å²) in [6, 6.07) is 0. The van der Waals surface area contributed by atoms with Gasteiger partial charge in [-0.05, 0) is 20.8 Å². The first-order chi connectivity index (χ1) is 8.11. The topological polar surface area (TPSA) is 70.0 Å². The molecule has 0 atom stereocenters. The lowest BCUT2D eigenvalue weighted by Gasteiger charge is -2.27. The molecule has 0 radical (unpaired) electrons. The molecule has 2 N–H and O–H groups in total. The second-order valence-corrected chi connectivity index (χ2v) is 5.10. The molecule has 1 amide bonds. The van der Waals surface area contributed by atoms with Crippen LogP contribution in [0.25, 0.3) is 0 Å². The Labute approximate surface area is 108 Å². The molecule has 0 aromatic heterocycles. The van der Waals surface area contributed by atoms with Crippen molar-refractivity contribution in [2.24, 2.45) is 0 Å². The van der Waals surface area contributed by atoms with E-state index in [0.29, 0.717) is 0 Å². The quantitative estimate of drug-likeness (QED) is 0.717. The first-order valence-corrected chi connectivity index (χ1v) is 5.83. The third-order valence-corrected chi connectivity index (χ3v) is 1.99. The minimum Gasteiger partial charge on any atom is -0.513 e. The van der Waals surface area contributed by atoms with Gasteiger partial charge >= 0.3 is 6.09 Å². The summed E-state index contributed by atoms with van der Waals surface area (Å²) in [6.07, 6.45) is 0.0684. The molecule has 0 fully saturated rings. The van der Waals surface area contributed by atoms with Crippen LogP contribution in [0.4, 0.5) is 4.79 Å². The van der Waals surface area contributed by atoms with Gasteiger partial charge in [-0.15, -0.1) is 0 Å².